The van der Waals surface area contributed by atoms with Crippen LogP contribution in [-0.4, -0.2) is 27.5 Å². The van der Waals surface area contributed by atoms with E-state index in [1.807, 2.05) is 18.3 Å². The van der Waals surface area contributed by atoms with E-state index < -0.39 is 0 Å². The molecule has 2 aliphatic rings. The molecule has 4 rings (SSSR count). The highest BCUT2D eigenvalue weighted by Gasteiger charge is 2.30. The van der Waals surface area contributed by atoms with E-state index in [4.69, 9.17) is 0 Å². The Morgan fingerprint density at radius 1 is 1.25 bits per heavy atom. The molecule has 0 amide bonds. The van der Waals surface area contributed by atoms with Crippen molar-refractivity contribution >= 4 is 0 Å². The van der Waals surface area contributed by atoms with Gasteiger partial charge in [0.15, 0.2) is 0 Å². The maximum Gasteiger partial charge on any atom is 0.123 e. The van der Waals surface area contributed by atoms with Gasteiger partial charge in [0, 0.05) is 37.4 Å². The molecule has 0 N–H and O–H groups in total. The maximum absolute atomic E-state index is 13.4. The molecule has 2 aromatic rings. The first-order valence-electron chi connectivity index (χ1n) is 9.18. The molecule has 1 aliphatic carbocycles. The third-order valence-corrected chi connectivity index (χ3v) is 5.37. The van der Waals surface area contributed by atoms with Gasteiger partial charge in [-0.3, -0.25) is 4.90 Å². The van der Waals surface area contributed by atoms with E-state index in [0.29, 0.717) is 11.8 Å². The second-order valence-electron chi connectivity index (χ2n) is 7.52. The summed E-state index contributed by atoms with van der Waals surface area (Å²) in [4.78, 5) is 7.13. The number of aromatic nitrogens is 2. The van der Waals surface area contributed by atoms with E-state index in [9.17, 15) is 4.39 Å². The summed E-state index contributed by atoms with van der Waals surface area (Å²) < 4.78 is 15.8. The Morgan fingerprint density at radius 3 is 2.92 bits per heavy atom. The molecule has 24 heavy (non-hydrogen) atoms. The Labute approximate surface area is 143 Å². The summed E-state index contributed by atoms with van der Waals surface area (Å²) in [6.45, 7) is 6.32. The van der Waals surface area contributed by atoms with Crippen molar-refractivity contribution in [1.29, 1.82) is 0 Å². The van der Waals surface area contributed by atoms with E-state index in [1.165, 1.54) is 43.3 Å². The fraction of sp³-hybridized carbons (Fsp3) is 0.550. The van der Waals surface area contributed by atoms with Gasteiger partial charge in [-0.1, -0.05) is 12.1 Å². The molecule has 4 heteroatoms. The number of imidazole rings is 1. The minimum absolute atomic E-state index is 0.135. The summed E-state index contributed by atoms with van der Waals surface area (Å²) in [6.07, 6.45) is 7.13. The van der Waals surface area contributed by atoms with Crippen LogP contribution in [0.25, 0.3) is 0 Å². The second-order valence-corrected chi connectivity index (χ2v) is 7.52. The van der Waals surface area contributed by atoms with Gasteiger partial charge in [0.1, 0.15) is 11.6 Å². The average molecular weight is 327 g/mol. The molecule has 0 bridgehead atoms. The summed E-state index contributed by atoms with van der Waals surface area (Å²) in [6, 6.07) is 7.01. The minimum Gasteiger partial charge on any atom is -0.332 e. The van der Waals surface area contributed by atoms with E-state index in [-0.39, 0.29) is 5.82 Å². The van der Waals surface area contributed by atoms with Gasteiger partial charge in [0.2, 0.25) is 0 Å². The van der Waals surface area contributed by atoms with Crippen molar-refractivity contribution in [3.05, 3.63) is 53.4 Å². The third-order valence-electron chi connectivity index (χ3n) is 5.37. The molecule has 1 unspecified atom stereocenters. The van der Waals surface area contributed by atoms with Gasteiger partial charge in [-0.25, -0.2) is 9.37 Å². The first-order chi connectivity index (χ1) is 11.7. The lowest BCUT2D eigenvalue weighted by atomic mass is 9.97. The fourth-order valence-corrected chi connectivity index (χ4v) is 3.98. The molecule has 1 saturated carbocycles. The van der Waals surface area contributed by atoms with Crippen LogP contribution < -0.4 is 0 Å². The molecular weight excluding hydrogens is 301 g/mol. The number of hydrogen-bond donors (Lipinski definition) is 0. The van der Waals surface area contributed by atoms with Crippen LogP contribution in [0.3, 0.4) is 0 Å². The molecule has 2 heterocycles. The van der Waals surface area contributed by atoms with E-state index in [0.717, 1.165) is 31.7 Å². The summed E-state index contributed by atoms with van der Waals surface area (Å²) >= 11 is 0. The Bertz CT molecular complexity index is 705. The van der Waals surface area contributed by atoms with E-state index >= 15 is 0 Å². The monoisotopic (exact) mass is 327 g/mol. The Balaban J connectivity index is 1.41. The number of benzene rings is 1. The Morgan fingerprint density at radius 2 is 2.12 bits per heavy atom. The van der Waals surface area contributed by atoms with Crippen LogP contribution in [0.2, 0.25) is 0 Å². The zero-order valence-electron chi connectivity index (χ0n) is 14.4. The van der Waals surface area contributed by atoms with Crippen LogP contribution in [0.15, 0.2) is 30.5 Å². The van der Waals surface area contributed by atoms with Crippen LogP contribution in [0.1, 0.15) is 48.7 Å². The highest BCUT2D eigenvalue weighted by Crippen LogP contribution is 2.40. The number of likely N-dealkylation sites (tertiary alicyclic amines) is 1. The lowest BCUT2D eigenvalue weighted by molar-refractivity contribution is 0.155. The van der Waals surface area contributed by atoms with Crippen LogP contribution in [0, 0.1) is 18.7 Å². The van der Waals surface area contributed by atoms with Crippen molar-refractivity contribution in [2.45, 2.75) is 51.6 Å². The van der Waals surface area contributed by atoms with Crippen molar-refractivity contribution in [1.82, 2.24) is 14.5 Å². The number of hydrogen-bond acceptors (Lipinski definition) is 2. The third kappa shape index (κ3) is 3.54. The van der Waals surface area contributed by atoms with Crippen molar-refractivity contribution in [3.63, 3.8) is 0 Å². The van der Waals surface area contributed by atoms with Crippen molar-refractivity contribution in [3.8, 4) is 0 Å². The Kier molecular flexibility index (Phi) is 4.40. The largest absolute Gasteiger partial charge is 0.332 e. The van der Waals surface area contributed by atoms with Gasteiger partial charge in [0.05, 0.1) is 0 Å². The van der Waals surface area contributed by atoms with Gasteiger partial charge in [-0.05, 0) is 62.8 Å². The lowest BCUT2D eigenvalue weighted by Crippen LogP contribution is -2.36. The standard InChI is InChI=1S/C20H26FN3/c1-15-11-22-20(18-7-8-18)24(15)14-17-5-3-9-23(13-17)12-16-4-2-6-19(21)10-16/h2,4,6,10-11,17-18H,3,5,7-9,12-14H2,1H3. The molecule has 1 saturated heterocycles. The molecule has 0 spiro atoms. The predicted molar refractivity (Wildman–Crippen MR) is 93.3 cm³/mol. The fourth-order valence-electron chi connectivity index (χ4n) is 3.98. The first-order valence-corrected chi connectivity index (χ1v) is 9.18. The molecule has 1 atom stereocenters. The highest BCUT2D eigenvalue weighted by atomic mass is 19.1. The highest BCUT2D eigenvalue weighted by molar-refractivity contribution is 5.16. The Hall–Kier alpha value is -1.68. The maximum atomic E-state index is 13.4. The number of piperidine rings is 1. The van der Waals surface area contributed by atoms with Crippen molar-refractivity contribution in [2.24, 2.45) is 5.92 Å². The zero-order valence-corrected chi connectivity index (χ0v) is 14.4. The molecule has 128 valence electrons. The summed E-state index contributed by atoms with van der Waals surface area (Å²) in [7, 11) is 0. The first kappa shape index (κ1) is 15.8. The van der Waals surface area contributed by atoms with Crippen molar-refractivity contribution < 1.29 is 4.39 Å². The second kappa shape index (κ2) is 6.67. The predicted octanol–water partition coefficient (Wildman–Crippen LogP) is 4.12. The number of rotatable bonds is 5. The SMILES string of the molecule is Cc1cnc(C2CC2)n1CC1CCCN(Cc2cccc(F)c2)C1. The molecule has 3 nitrogen and oxygen atoms in total. The number of halogens is 1. The molecular formula is C20H26FN3. The van der Waals surface area contributed by atoms with Gasteiger partial charge in [-0.2, -0.15) is 0 Å². The summed E-state index contributed by atoms with van der Waals surface area (Å²) in [5.74, 6) is 2.53. The van der Waals surface area contributed by atoms with Crippen LogP contribution in [-0.2, 0) is 13.1 Å². The quantitative estimate of drug-likeness (QED) is 0.824. The summed E-state index contributed by atoms with van der Waals surface area (Å²) in [5, 5.41) is 0. The number of aryl methyl sites for hydroxylation is 1. The molecule has 1 aromatic heterocycles. The lowest BCUT2D eigenvalue weighted by Gasteiger charge is -2.33. The van der Waals surface area contributed by atoms with Gasteiger partial charge in [-0.15, -0.1) is 0 Å². The van der Waals surface area contributed by atoms with Crippen molar-refractivity contribution in [2.75, 3.05) is 13.1 Å². The van der Waals surface area contributed by atoms with Gasteiger partial charge in [0.25, 0.3) is 0 Å². The van der Waals surface area contributed by atoms with E-state index in [1.54, 1.807) is 6.07 Å². The smallest absolute Gasteiger partial charge is 0.123 e. The molecule has 1 aromatic carbocycles. The van der Waals surface area contributed by atoms with E-state index in [2.05, 4.69) is 21.4 Å². The molecule has 1 aliphatic heterocycles. The number of nitrogens with zero attached hydrogens (tertiary/aromatic N) is 3. The summed E-state index contributed by atoms with van der Waals surface area (Å²) in [5.41, 5.74) is 2.37. The topological polar surface area (TPSA) is 21.1 Å². The van der Waals surface area contributed by atoms with Gasteiger partial charge >= 0.3 is 0 Å². The minimum atomic E-state index is -0.135. The van der Waals surface area contributed by atoms with Crippen LogP contribution >= 0.6 is 0 Å². The molecule has 2 fully saturated rings. The average Bonchev–Trinajstić information content (AvgIpc) is 3.34. The normalized spacial score (nSPS) is 22.0. The van der Waals surface area contributed by atoms with Crippen LogP contribution in [0.4, 0.5) is 4.39 Å². The van der Waals surface area contributed by atoms with Gasteiger partial charge < -0.3 is 4.57 Å². The van der Waals surface area contributed by atoms with Crippen LogP contribution in [0.5, 0.6) is 0 Å². The zero-order chi connectivity index (χ0) is 16.5. The molecule has 0 radical (unpaired) electrons.